The van der Waals surface area contributed by atoms with Crippen LogP contribution in [0.25, 0.3) is 5.82 Å². The van der Waals surface area contributed by atoms with E-state index >= 15 is 0 Å². The molecule has 98 valence electrons. The molecule has 6 heteroatoms. The zero-order valence-corrected chi connectivity index (χ0v) is 11.1. The average molecular weight is 249 g/mol. The highest BCUT2D eigenvalue weighted by Crippen LogP contribution is 2.15. The maximum atomic E-state index is 5.03. The molecule has 0 aliphatic heterocycles. The zero-order valence-electron chi connectivity index (χ0n) is 11.1. The van der Waals surface area contributed by atoms with Crippen molar-refractivity contribution in [1.82, 2.24) is 19.3 Å². The second-order valence-corrected chi connectivity index (χ2v) is 4.16. The molecule has 2 aromatic heterocycles. The summed E-state index contributed by atoms with van der Waals surface area (Å²) in [6, 6.07) is 1.96. The van der Waals surface area contributed by atoms with Gasteiger partial charge in [-0.2, -0.15) is 5.10 Å². The Balaban J connectivity index is 2.13. The number of imidazole rings is 1. The summed E-state index contributed by atoms with van der Waals surface area (Å²) in [5.74, 6) is 1.83. The van der Waals surface area contributed by atoms with E-state index < -0.39 is 0 Å². The summed E-state index contributed by atoms with van der Waals surface area (Å²) in [4.78, 5) is 4.48. The summed E-state index contributed by atoms with van der Waals surface area (Å²) in [6.07, 6.45) is 4.73. The Morgan fingerprint density at radius 3 is 2.94 bits per heavy atom. The van der Waals surface area contributed by atoms with Gasteiger partial charge in [0.25, 0.3) is 0 Å². The molecule has 0 spiro atoms. The summed E-state index contributed by atoms with van der Waals surface area (Å²) >= 11 is 0. The van der Waals surface area contributed by atoms with E-state index in [1.54, 1.807) is 13.3 Å². The van der Waals surface area contributed by atoms with E-state index in [0.29, 0.717) is 0 Å². The van der Waals surface area contributed by atoms with Gasteiger partial charge in [-0.1, -0.05) is 0 Å². The van der Waals surface area contributed by atoms with Gasteiger partial charge in [0, 0.05) is 39.6 Å². The van der Waals surface area contributed by atoms with Gasteiger partial charge in [-0.25, -0.2) is 4.98 Å². The van der Waals surface area contributed by atoms with Gasteiger partial charge < -0.3 is 10.1 Å². The fourth-order valence-corrected chi connectivity index (χ4v) is 1.82. The highest BCUT2D eigenvalue weighted by molar-refractivity contribution is 5.38. The minimum atomic E-state index is 0.748. The van der Waals surface area contributed by atoms with Crippen molar-refractivity contribution < 1.29 is 4.74 Å². The van der Waals surface area contributed by atoms with Crippen LogP contribution in [-0.4, -0.2) is 39.6 Å². The number of anilines is 1. The first-order valence-corrected chi connectivity index (χ1v) is 5.99. The highest BCUT2D eigenvalue weighted by atomic mass is 16.5. The Morgan fingerprint density at radius 1 is 1.44 bits per heavy atom. The molecule has 0 bridgehead atoms. The van der Waals surface area contributed by atoms with E-state index in [-0.39, 0.29) is 0 Å². The van der Waals surface area contributed by atoms with Crippen molar-refractivity contribution in [2.75, 3.05) is 25.6 Å². The van der Waals surface area contributed by atoms with Crippen LogP contribution >= 0.6 is 0 Å². The van der Waals surface area contributed by atoms with Crippen LogP contribution in [-0.2, 0) is 11.8 Å². The minimum Gasteiger partial charge on any atom is -0.385 e. The molecular weight excluding hydrogens is 230 g/mol. The van der Waals surface area contributed by atoms with Crippen LogP contribution in [0.1, 0.15) is 12.1 Å². The third-order valence-corrected chi connectivity index (χ3v) is 2.68. The molecule has 0 aliphatic carbocycles. The SMILES string of the molecule is COCCCNc1nc(C)cn1-c1ccnn1C. The second kappa shape index (κ2) is 5.68. The fourth-order valence-electron chi connectivity index (χ4n) is 1.82. The molecule has 0 saturated carbocycles. The average Bonchev–Trinajstić information content (AvgIpc) is 2.91. The van der Waals surface area contributed by atoms with Gasteiger partial charge in [0.1, 0.15) is 5.82 Å². The predicted octanol–water partition coefficient (Wildman–Crippen LogP) is 1.36. The van der Waals surface area contributed by atoms with Crippen LogP contribution in [0.3, 0.4) is 0 Å². The summed E-state index contributed by atoms with van der Waals surface area (Å²) in [7, 11) is 3.63. The third kappa shape index (κ3) is 2.70. The first kappa shape index (κ1) is 12.6. The summed E-state index contributed by atoms with van der Waals surface area (Å²) in [5, 5.41) is 7.49. The Hall–Kier alpha value is -1.82. The number of nitrogens with zero attached hydrogens (tertiary/aromatic N) is 4. The third-order valence-electron chi connectivity index (χ3n) is 2.68. The van der Waals surface area contributed by atoms with Crippen LogP contribution in [0.4, 0.5) is 5.95 Å². The normalized spacial score (nSPS) is 10.8. The Morgan fingerprint density at radius 2 is 2.28 bits per heavy atom. The molecule has 6 nitrogen and oxygen atoms in total. The molecule has 1 N–H and O–H groups in total. The van der Waals surface area contributed by atoms with Crippen molar-refractivity contribution in [2.45, 2.75) is 13.3 Å². The lowest BCUT2D eigenvalue weighted by molar-refractivity contribution is 0.197. The molecule has 2 aromatic rings. The topological polar surface area (TPSA) is 56.9 Å². The molecule has 2 rings (SSSR count). The number of hydrogen-bond acceptors (Lipinski definition) is 4. The van der Waals surface area contributed by atoms with E-state index in [2.05, 4.69) is 15.4 Å². The van der Waals surface area contributed by atoms with E-state index in [1.165, 1.54) is 0 Å². The van der Waals surface area contributed by atoms with Crippen LogP contribution in [0.15, 0.2) is 18.5 Å². The molecule has 0 atom stereocenters. The summed E-state index contributed by atoms with van der Waals surface area (Å²) in [5.41, 5.74) is 0.977. The Labute approximate surface area is 107 Å². The van der Waals surface area contributed by atoms with Crippen LogP contribution < -0.4 is 5.32 Å². The molecule has 18 heavy (non-hydrogen) atoms. The molecule has 0 amide bonds. The number of aromatic nitrogens is 4. The Bertz CT molecular complexity index is 502. The molecule has 0 fully saturated rings. The van der Waals surface area contributed by atoms with Crippen molar-refractivity contribution in [3.05, 3.63) is 24.2 Å². The van der Waals surface area contributed by atoms with Gasteiger partial charge in [-0.3, -0.25) is 9.25 Å². The van der Waals surface area contributed by atoms with Gasteiger partial charge in [0.05, 0.1) is 11.9 Å². The lowest BCUT2D eigenvalue weighted by Gasteiger charge is -2.09. The van der Waals surface area contributed by atoms with Crippen molar-refractivity contribution in [1.29, 1.82) is 0 Å². The van der Waals surface area contributed by atoms with Crippen LogP contribution in [0.2, 0.25) is 0 Å². The van der Waals surface area contributed by atoms with Gasteiger partial charge >= 0.3 is 0 Å². The highest BCUT2D eigenvalue weighted by Gasteiger charge is 2.09. The van der Waals surface area contributed by atoms with Crippen LogP contribution in [0.5, 0.6) is 0 Å². The zero-order chi connectivity index (χ0) is 13.0. The molecule has 0 radical (unpaired) electrons. The first-order valence-electron chi connectivity index (χ1n) is 5.99. The number of methoxy groups -OCH3 is 1. The molecular formula is C12H19N5O. The fraction of sp³-hybridized carbons (Fsp3) is 0.500. The molecule has 0 unspecified atom stereocenters. The maximum absolute atomic E-state index is 5.03. The number of hydrogen-bond donors (Lipinski definition) is 1. The molecule has 0 saturated heterocycles. The van der Waals surface area contributed by atoms with Gasteiger partial charge in [0.2, 0.25) is 5.95 Å². The lowest BCUT2D eigenvalue weighted by atomic mass is 10.4. The monoisotopic (exact) mass is 249 g/mol. The van der Waals surface area contributed by atoms with Gasteiger partial charge in [-0.05, 0) is 13.3 Å². The molecule has 0 aromatic carbocycles. The van der Waals surface area contributed by atoms with E-state index in [4.69, 9.17) is 4.74 Å². The minimum absolute atomic E-state index is 0.748. The number of aryl methyl sites for hydroxylation is 2. The number of ether oxygens (including phenoxy) is 1. The summed E-state index contributed by atoms with van der Waals surface area (Å²) in [6.45, 7) is 3.56. The second-order valence-electron chi connectivity index (χ2n) is 4.16. The number of nitrogens with one attached hydrogen (secondary N) is 1. The van der Waals surface area contributed by atoms with Crippen molar-refractivity contribution in [2.24, 2.45) is 7.05 Å². The maximum Gasteiger partial charge on any atom is 0.208 e. The smallest absolute Gasteiger partial charge is 0.208 e. The number of rotatable bonds is 6. The standard InChI is InChI=1S/C12H19N5O/c1-10-9-17(11-5-7-14-16(11)2)12(15-10)13-6-4-8-18-3/h5,7,9H,4,6,8H2,1-3H3,(H,13,15). The quantitative estimate of drug-likeness (QED) is 0.785. The summed E-state index contributed by atoms with van der Waals surface area (Å²) < 4.78 is 8.86. The van der Waals surface area contributed by atoms with Gasteiger partial charge in [0.15, 0.2) is 0 Å². The first-order chi connectivity index (χ1) is 8.72. The largest absolute Gasteiger partial charge is 0.385 e. The van der Waals surface area contributed by atoms with E-state index in [1.807, 2.05) is 35.5 Å². The Kier molecular flexibility index (Phi) is 3.99. The molecule has 2 heterocycles. The van der Waals surface area contributed by atoms with Crippen LogP contribution in [0, 0.1) is 6.92 Å². The van der Waals surface area contributed by atoms with Gasteiger partial charge in [-0.15, -0.1) is 0 Å². The van der Waals surface area contributed by atoms with Crippen molar-refractivity contribution >= 4 is 5.95 Å². The van der Waals surface area contributed by atoms with E-state index in [9.17, 15) is 0 Å². The van der Waals surface area contributed by atoms with Crippen molar-refractivity contribution in [3.63, 3.8) is 0 Å². The van der Waals surface area contributed by atoms with Crippen molar-refractivity contribution in [3.8, 4) is 5.82 Å². The predicted molar refractivity (Wildman–Crippen MR) is 70.0 cm³/mol. The van der Waals surface area contributed by atoms with E-state index in [0.717, 1.165) is 37.0 Å². The molecule has 0 aliphatic rings. The lowest BCUT2D eigenvalue weighted by Crippen LogP contribution is -2.11.